The topological polar surface area (TPSA) is 118 Å². The molecule has 8 nitrogen and oxygen atoms in total. The summed E-state index contributed by atoms with van der Waals surface area (Å²) in [6.45, 7) is 1.83. The van der Waals surface area contributed by atoms with E-state index in [4.69, 9.17) is 0 Å². The molecule has 0 fully saturated rings. The number of hydrogen-bond donors (Lipinski definition) is 2. The second-order valence-corrected chi connectivity index (χ2v) is 6.95. The molecular weight excluding hydrogens is 346 g/mol. The zero-order valence-corrected chi connectivity index (χ0v) is 14.2. The van der Waals surface area contributed by atoms with Crippen LogP contribution in [0.15, 0.2) is 53.4 Å². The highest BCUT2D eigenvalue weighted by Crippen LogP contribution is 2.14. The SMILES string of the molecule is Cc1ccccc1S(=O)(=O)NC(=O)NCCc1ccc([N+](=O)[O-])cc1. The fraction of sp³-hybridized carbons (Fsp3) is 0.188. The van der Waals surface area contributed by atoms with Gasteiger partial charge in [0.25, 0.3) is 15.7 Å². The molecule has 0 aliphatic heterocycles. The number of hydrogen-bond acceptors (Lipinski definition) is 5. The normalized spacial score (nSPS) is 10.9. The molecular formula is C16H17N3O5S. The van der Waals surface area contributed by atoms with Crippen molar-refractivity contribution in [2.24, 2.45) is 0 Å². The predicted molar refractivity (Wildman–Crippen MR) is 91.7 cm³/mol. The molecule has 2 N–H and O–H groups in total. The quantitative estimate of drug-likeness (QED) is 0.602. The van der Waals surface area contributed by atoms with Gasteiger partial charge in [-0.3, -0.25) is 10.1 Å². The molecule has 0 bridgehead atoms. The second kappa shape index (κ2) is 7.75. The van der Waals surface area contributed by atoms with Gasteiger partial charge in [0.2, 0.25) is 0 Å². The molecule has 0 radical (unpaired) electrons. The number of benzene rings is 2. The average Bonchev–Trinajstić information content (AvgIpc) is 2.55. The Morgan fingerprint density at radius 3 is 2.36 bits per heavy atom. The second-order valence-electron chi connectivity index (χ2n) is 5.30. The van der Waals surface area contributed by atoms with Crippen LogP contribution in [0.5, 0.6) is 0 Å². The third-order valence-electron chi connectivity index (χ3n) is 3.46. The molecule has 132 valence electrons. The monoisotopic (exact) mass is 363 g/mol. The van der Waals surface area contributed by atoms with Crippen LogP contribution in [-0.2, 0) is 16.4 Å². The number of aryl methyl sites for hydroxylation is 1. The van der Waals surface area contributed by atoms with Gasteiger partial charge < -0.3 is 5.32 Å². The highest BCUT2D eigenvalue weighted by atomic mass is 32.2. The largest absolute Gasteiger partial charge is 0.337 e. The number of sulfonamides is 1. The lowest BCUT2D eigenvalue weighted by molar-refractivity contribution is -0.384. The lowest BCUT2D eigenvalue weighted by atomic mass is 10.1. The molecule has 9 heteroatoms. The van der Waals surface area contributed by atoms with Crippen LogP contribution in [0.25, 0.3) is 0 Å². The van der Waals surface area contributed by atoms with Crippen molar-refractivity contribution in [3.8, 4) is 0 Å². The van der Waals surface area contributed by atoms with Crippen molar-refractivity contribution in [3.05, 3.63) is 69.8 Å². The van der Waals surface area contributed by atoms with Crippen molar-refractivity contribution in [2.45, 2.75) is 18.2 Å². The number of nitro groups is 1. The van der Waals surface area contributed by atoms with Gasteiger partial charge in [0, 0.05) is 18.7 Å². The highest BCUT2D eigenvalue weighted by Gasteiger charge is 2.19. The van der Waals surface area contributed by atoms with Crippen molar-refractivity contribution in [1.29, 1.82) is 0 Å². The highest BCUT2D eigenvalue weighted by molar-refractivity contribution is 7.90. The predicted octanol–water partition coefficient (Wildman–Crippen LogP) is 2.13. The number of carbonyl (C=O) groups excluding carboxylic acids is 1. The molecule has 0 heterocycles. The first-order valence-electron chi connectivity index (χ1n) is 7.39. The molecule has 0 spiro atoms. The number of rotatable bonds is 6. The molecule has 0 saturated carbocycles. The van der Waals surface area contributed by atoms with E-state index in [1.165, 1.54) is 18.2 Å². The Hall–Kier alpha value is -2.94. The smallest absolute Gasteiger partial charge is 0.328 e. The van der Waals surface area contributed by atoms with Crippen LogP contribution in [0.4, 0.5) is 10.5 Å². The lowest BCUT2D eigenvalue weighted by Gasteiger charge is -2.10. The number of non-ortho nitro benzene ring substituents is 1. The summed E-state index contributed by atoms with van der Waals surface area (Å²) in [5.74, 6) is 0. The van der Waals surface area contributed by atoms with Gasteiger partial charge in [0.1, 0.15) is 0 Å². The summed E-state index contributed by atoms with van der Waals surface area (Å²) in [5, 5.41) is 13.0. The molecule has 0 aromatic heterocycles. The maximum atomic E-state index is 12.2. The molecule has 0 aliphatic carbocycles. The van der Waals surface area contributed by atoms with E-state index in [9.17, 15) is 23.3 Å². The lowest BCUT2D eigenvalue weighted by Crippen LogP contribution is -2.40. The maximum absolute atomic E-state index is 12.2. The Bertz CT molecular complexity index is 879. The minimum Gasteiger partial charge on any atom is -0.337 e. The average molecular weight is 363 g/mol. The summed E-state index contributed by atoms with van der Waals surface area (Å²) in [6.07, 6.45) is 0.413. The van der Waals surface area contributed by atoms with Gasteiger partial charge in [-0.05, 0) is 30.5 Å². The minimum atomic E-state index is -3.94. The van der Waals surface area contributed by atoms with Crippen LogP contribution < -0.4 is 10.0 Å². The Kier molecular flexibility index (Phi) is 5.71. The minimum absolute atomic E-state index is 0.0150. The number of nitro benzene ring substituents is 1. The van der Waals surface area contributed by atoms with Crippen molar-refractivity contribution < 1.29 is 18.1 Å². The Morgan fingerprint density at radius 2 is 1.76 bits per heavy atom. The van der Waals surface area contributed by atoms with E-state index in [-0.39, 0.29) is 17.1 Å². The summed E-state index contributed by atoms with van der Waals surface area (Å²) in [7, 11) is -3.94. The van der Waals surface area contributed by atoms with E-state index in [1.807, 2.05) is 4.72 Å². The van der Waals surface area contributed by atoms with Crippen molar-refractivity contribution >= 4 is 21.7 Å². The van der Waals surface area contributed by atoms with Gasteiger partial charge >= 0.3 is 6.03 Å². The number of urea groups is 1. The Labute approximate surface area is 145 Å². The summed E-state index contributed by atoms with van der Waals surface area (Å²) in [4.78, 5) is 21.9. The van der Waals surface area contributed by atoms with Gasteiger partial charge in [0.15, 0.2) is 0 Å². The molecule has 2 rings (SSSR count). The van der Waals surface area contributed by atoms with Gasteiger partial charge in [-0.25, -0.2) is 17.9 Å². The molecule has 0 aliphatic rings. The van der Waals surface area contributed by atoms with Gasteiger partial charge in [-0.1, -0.05) is 30.3 Å². The summed E-state index contributed by atoms with van der Waals surface area (Å²) < 4.78 is 26.3. The van der Waals surface area contributed by atoms with Crippen LogP contribution >= 0.6 is 0 Å². The van der Waals surface area contributed by atoms with E-state index >= 15 is 0 Å². The van der Waals surface area contributed by atoms with E-state index in [1.54, 1.807) is 37.3 Å². The van der Waals surface area contributed by atoms with E-state index in [0.717, 1.165) is 5.56 Å². The summed E-state index contributed by atoms with van der Waals surface area (Å²) in [5.41, 5.74) is 1.31. The van der Waals surface area contributed by atoms with Crippen molar-refractivity contribution in [1.82, 2.24) is 10.0 Å². The van der Waals surface area contributed by atoms with Crippen LogP contribution in [0.1, 0.15) is 11.1 Å². The molecule has 25 heavy (non-hydrogen) atoms. The summed E-state index contributed by atoms with van der Waals surface area (Å²) in [6, 6.07) is 11.4. The Morgan fingerprint density at radius 1 is 1.12 bits per heavy atom. The number of nitrogens with zero attached hydrogens (tertiary/aromatic N) is 1. The molecule has 0 atom stereocenters. The molecule has 2 aromatic rings. The van der Waals surface area contributed by atoms with E-state index < -0.39 is 21.0 Å². The first-order chi connectivity index (χ1) is 11.8. The van der Waals surface area contributed by atoms with Gasteiger partial charge in [-0.2, -0.15) is 0 Å². The standard InChI is InChI=1S/C16H17N3O5S/c1-12-4-2-3-5-15(12)25(23,24)18-16(20)17-11-10-13-6-8-14(9-7-13)19(21)22/h2-9H,10-11H2,1H3,(H2,17,18,20). The summed E-state index contributed by atoms with van der Waals surface area (Å²) >= 11 is 0. The van der Waals surface area contributed by atoms with Crippen LogP contribution in [0, 0.1) is 17.0 Å². The fourth-order valence-electron chi connectivity index (χ4n) is 2.18. The molecule has 2 amide bonds. The van der Waals surface area contributed by atoms with E-state index in [2.05, 4.69) is 5.32 Å². The number of nitrogens with one attached hydrogen (secondary N) is 2. The Balaban J connectivity index is 1.88. The molecule has 2 aromatic carbocycles. The first-order valence-corrected chi connectivity index (χ1v) is 8.87. The van der Waals surface area contributed by atoms with Crippen LogP contribution in [0.2, 0.25) is 0 Å². The van der Waals surface area contributed by atoms with Gasteiger partial charge in [0.05, 0.1) is 9.82 Å². The van der Waals surface area contributed by atoms with Gasteiger partial charge in [-0.15, -0.1) is 0 Å². The van der Waals surface area contributed by atoms with Crippen molar-refractivity contribution in [3.63, 3.8) is 0 Å². The maximum Gasteiger partial charge on any atom is 0.328 e. The first kappa shape index (κ1) is 18.4. The zero-order chi connectivity index (χ0) is 18.4. The van der Waals surface area contributed by atoms with E-state index in [0.29, 0.717) is 12.0 Å². The fourth-order valence-corrected chi connectivity index (χ4v) is 3.35. The van der Waals surface area contributed by atoms with Crippen LogP contribution in [-0.4, -0.2) is 25.9 Å². The number of amides is 2. The third kappa shape index (κ3) is 5.01. The molecule has 0 unspecified atom stereocenters. The number of carbonyl (C=O) groups is 1. The third-order valence-corrected chi connectivity index (χ3v) is 4.95. The van der Waals surface area contributed by atoms with Crippen molar-refractivity contribution in [2.75, 3.05) is 6.54 Å². The zero-order valence-electron chi connectivity index (χ0n) is 13.4. The van der Waals surface area contributed by atoms with Crippen LogP contribution in [0.3, 0.4) is 0 Å². The molecule has 0 saturated heterocycles.